The van der Waals surface area contributed by atoms with Crippen LogP contribution in [0.5, 0.6) is 5.88 Å². The van der Waals surface area contributed by atoms with E-state index in [4.69, 9.17) is 9.47 Å². The van der Waals surface area contributed by atoms with Gasteiger partial charge >= 0.3 is 6.09 Å². The molecule has 0 aliphatic carbocycles. The molecular formula is C29H38FN5O6. The van der Waals surface area contributed by atoms with Gasteiger partial charge in [0.05, 0.1) is 38.6 Å². The second kappa shape index (κ2) is 12.7. The van der Waals surface area contributed by atoms with E-state index in [1.807, 2.05) is 13.0 Å². The molecule has 0 spiro atoms. The molecule has 0 bridgehead atoms. The second-order valence-electron chi connectivity index (χ2n) is 11.1. The fourth-order valence-electron chi connectivity index (χ4n) is 5.89. The van der Waals surface area contributed by atoms with E-state index in [0.29, 0.717) is 63.1 Å². The van der Waals surface area contributed by atoms with Gasteiger partial charge in [-0.05, 0) is 49.6 Å². The maximum atomic E-state index is 13.9. The summed E-state index contributed by atoms with van der Waals surface area (Å²) in [7, 11) is 0. The quantitative estimate of drug-likeness (QED) is 0.513. The SMILES string of the molecule is CC1COCCN1C[C@H]1CN(C(=O)O)[C@H](C)CN1CC(=O)N1CCOc2nc(CO)c(Cc3ccc(F)cc3)cc21. The Labute approximate surface area is 239 Å². The van der Waals surface area contributed by atoms with Gasteiger partial charge in [0.2, 0.25) is 11.8 Å². The first kappa shape index (κ1) is 29.2. The van der Waals surface area contributed by atoms with Crippen molar-refractivity contribution < 1.29 is 33.7 Å². The first-order valence-corrected chi connectivity index (χ1v) is 14.1. The number of aliphatic hydroxyl groups excluding tert-OH is 1. The minimum absolute atomic E-state index is 0.121. The number of benzene rings is 1. The molecule has 2 N–H and O–H groups in total. The van der Waals surface area contributed by atoms with E-state index in [1.54, 1.807) is 17.0 Å². The Morgan fingerprint density at radius 2 is 1.85 bits per heavy atom. The number of hydrogen-bond acceptors (Lipinski definition) is 8. The summed E-state index contributed by atoms with van der Waals surface area (Å²) in [5.41, 5.74) is 2.55. The fraction of sp³-hybridized carbons (Fsp3) is 0.552. The van der Waals surface area contributed by atoms with Gasteiger partial charge in [0, 0.05) is 44.3 Å². The third-order valence-corrected chi connectivity index (χ3v) is 8.23. The highest BCUT2D eigenvalue weighted by atomic mass is 19.1. The Kier molecular flexibility index (Phi) is 9.03. The number of halogens is 1. The van der Waals surface area contributed by atoms with Gasteiger partial charge in [-0.2, -0.15) is 0 Å². The third-order valence-electron chi connectivity index (χ3n) is 8.23. The van der Waals surface area contributed by atoms with Crippen molar-refractivity contribution >= 4 is 17.7 Å². The van der Waals surface area contributed by atoms with Crippen LogP contribution < -0.4 is 9.64 Å². The number of anilines is 1. The summed E-state index contributed by atoms with van der Waals surface area (Å²) >= 11 is 0. The number of hydrogen-bond donors (Lipinski definition) is 2. The summed E-state index contributed by atoms with van der Waals surface area (Å²) in [6, 6.07) is 7.76. The lowest BCUT2D eigenvalue weighted by Crippen LogP contribution is -2.64. The number of carbonyl (C=O) groups excluding carboxylic acids is 1. The number of piperazine rings is 1. The monoisotopic (exact) mass is 571 g/mol. The molecule has 41 heavy (non-hydrogen) atoms. The average Bonchev–Trinajstić information content (AvgIpc) is 2.95. The number of aliphatic hydroxyl groups is 1. The topological polar surface area (TPSA) is 119 Å². The molecule has 2 aromatic rings. The summed E-state index contributed by atoms with van der Waals surface area (Å²) in [5.74, 6) is -0.166. The molecule has 2 saturated heterocycles. The highest BCUT2D eigenvalue weighted by molar-refractivity contribution is 5.96. The highest BCUT2D eigenvalue weighted by Crippen LogP contribution is 2.33. The molecule has 3 aliphatic rings. The number of carboxylic acid groups (broad SMARTS) is 1. The van der Waals surface area contributed by atoms with Gasteiger partial charge in [0.25, 0.3) is 0 Å². The summed E-state index contributed by atoms with van der Waals surface area (Å²) in [6.07, 6.45) is -0.544. The zero-order valence-electron chi connectivity index (χ0n) is 23.5. The zero-order valence-corrected chi connectivity index (χ0v) is 23.5. The average molecular weight is 572 g/mol. The number of aromatic nitrogens is 1. The van der Waals surface area contributed by atoms with Crippen LogP contribution in [-0.2, 0) is 22.6 Å². The predicted molar refractivity (Wildman–Crippen MR) is 149 cm³/mol. The van der Waals surface area contributed by atoms with Crippen LogP contribution in [0.1, 0.15) is 30.7 Å². The Hall–Kier alpha value is -3.32. The van der Waals surface area contributed by atoms with Crippen LogP contribution in [0.15, 0.2) is 30.3 Å². The normalized spacial score (nSPS) is 23.7. The molecule has 12 heteroatoms. The van der Waals surface area contributed by atoms with Crippen LogP contribution >= 0.6 is 0 Å². The van der Waals surface area contributed by atoms with Crippen molar-refractivity contribution in [2.24, 2.45) is 0 Å². The van der Waals surface area contributed by atoms with E-state index >= 15 is 0 Å². The first-order chi connectivity index (χ1) is 19.7. The van der Waals surface area contributed by atoms with Gasteiger partial charge < -0.3 is 29.5 Å². The van der Waals surface area contributed by atoms with Gasteiger partial charge in [-0.3, -0.25) is 14.6 Å². The highest BCUT2D eigenvalue weighted by Gasteiger charge is 2.38. The molecule has 1 aromatic heterocycles. The van der Waals surface area contributed by atoms with Crippen LogP contribution in [0.4, 0.5) is 14.9 Å². The smallest absolute Gasteiger partial charge is 0.407 e. The number of pyridine rings is 1. The maximum Gasteiger partial charge on any atom is 0.407 e. The number of fused-ring (bicyclic) bond motifs is 1. The fourth-order valence-corrected chi connectivity index (χ4v) is 5.89. The molecule has 3 atom stereocenters. The third kappa shape index (κ3) is 6.61. The molecule has 0 radical (unpaired) electrons. The van der Waals surface area contributed by atoms with Crippen molar-refractivity contribution in [2.75, 3.05) is 64.0 Å². The number of rotatable bonds is 7. The molecule has 4 heterocycles. The lowest BCUT2D eigenvalue weighted by atomic mass is 10.0. The van der Waals surface area contributed by atoms with E-state index in [-0.39, 0.29) is 49.6 Å². The van der Waals surface area contributed by atoms with Crippen LogP contribution in [0.25, 0.3) is 0 Å². The molecule has 222 valence electrons. The van der Waals surface area contributed by atoms with Crippen molar-refractivity contribution in [1.82, 2.24) is 19.7 Å². The molecule has 11 nitrogen and oxygen atoms in total. The van der Waals surface area contributed by atoms with Crippen LogP contribution in [0.3, 0.4) is 0 Å². The van der Waals surface area contributed by atoms with E-state index in [1.165, 1.54) is 17.0 Å². The lowest BCUT2D eigenvalue weighted by molar-refractivity contribution is -0.122. The molecular weight excluding hydrogens is 533 g/mol. The van der Waals surface area contributed by atoms with E-state index in [9.17, 15) is 24.2 Å². The van der Waals surface area contributed by atoms with Gasteiger partial charge in [0.15, 0.2) is 0 Å². The van der Waals surface area contributed by atoms with Crippen molar-refractivity contribution in [2.45, 2.75) is 45.0 Å². The van der Waals surface area contributed by atoms with Crippen LogP contribution in [-0.4, -0.2) is 119 Å². The Balaban J connectivity index is 1.37. The Morgan fingerprint density at radius 1 is 1.07 bits per heavy atom. The largest absolute Gasteiger partial charge is 0.474 e. The summed E-state index contributed by atoms with van der Waals surface area (Å²) in [6.45, 7) is 7.80. The maximum absolute atomic E-state index is 13.9. The van der Waals surface area contributed by atoms with Crippen molar-refractivity contribution in [1.29, 1.82) is 0 Å². The second-order valence-corrected chi connectivity index (χ2v) is 11.1. The number of ether oxygens (including phenoxy) is 2. The summed E-state index contributed by atoms with van der Waals surface area (Å²) < 4.78 is 24.8. The van der Waals surface area contributed by atoms with E-state index in [0.717, 1.165) is 17.7 Å². The minimum Gasteiger partial charge on any atom is -0.474 e. The Bertz CT molecular complexity index is 1250. The molecule has 2 amide bonds. The zero-order chi connectivity index (χ0) is 29.1. The number of amides is 2. The molecule has 2 fully saturated rings. The molecule has 0 saturated carbocycles. The minimum atomic E-state index is -0.954. The molecule has 5 rings (SSSR count). The van der Waals surface area contributed by atoms with E-state index < -0.39 is 6.09 Å². The van der Waals surface area contributed by atoms with Crippen LogP contribution in [0, 0.1) is 5.82 Å². The van der Waals surface area contributed by atoms with Crippen LogP contribution in [0.2, 0.25) is 0 Å². The van der Waals surface area contributed by atoms with Gasteiger partial charge in [0.1, 0.15) is 18.1 Å². The number of carbonyl (C=O) groups is 2. The number of morpholine rings is 1. The molecule has 1 unspecified atom stereocenters. The lowest BCUT2D eigenvalue weighted by Gasteiger charge is -2.47. The van der Waals surface area contributed by atoms with Gasteiger partial charge in [-0.15, -0.1) is 0 Å². The van der Waals surface area contributed by atoms with Gasteiger partial charge in [-0.1, -0.05) is 12.1 Å². The summed E-state index contributed by atoms with van der Waals surface area (Å²) in [5, 5.41) is 19.8. The van der Waals surface area contributed by atoms with E-state index in [2.05, 4.69) is 21.7 Å². The number of nitrogens with zero attached hydrogens (tertiary/aromatic N) is 5. The predicted octanol–water partition coefficient (Wildman–Crippen LogP) is 1.80. The van der Waals surface area contributed by atoms with Crippen molar-refractivity contribution in [3.05, 3.63) is 53.0 Å². The van der Waals surface area contributed by atoms with Crippen molar-refractivity contribution in [3.8, 4) is 5.88 Å². The Morgan fingerprint density at radius 3 is 2.56 bits per heavy atom. The van der Waals surface area contributed by atoms with Gasteiger partial charge in [-0.25, -0.2) is 14.2 Å². The molecule has 1 aromatic carbocycles. The standard InChI is InChI=1S/C29H38FN5O6/c1-19-13-33(24(15-35(19)29(38)39)14-32-7-9-40-18-20(32)2)16-27(37)34-8-10-41-28-26(34)12-22(25(17-36)31-28)11-21-3-5-23(30)6-4-21/h3-6,12,19-20,24,36H,7-11,13-18H2,1-2H3,(H,38,39)/t19-,20?,24+/m1/s1. The molecule has 3 aliphatic heterocycles. The van der Waals surface area contributed by atoms with Crippen molar-refractivity contribution in [3.63, 3.8) is 0 Å². The first-order valence-electron chi connectivity index (χ1n) is 14.1. The summed E-state index contributed by atoms with van der Waals surface area (Å²) in [4.78, 5) is 37.9.